The third-order valence-electron chi connectivity index (χ3n) is 3.00. The van der Waals surface area contributed by atoms with Crippen LogP contribution in [0.5, 0.6) is 5.88 Å². The van der Waals surface area contributed by atoms with Crippen LogP contribution in [-0.2, 0) is 0 Å². The van der Waals surface area contributed by atoms with Crippen molar-refractivity contribution in [2.45, 2.75) is 0 Å². The molecule has 3 N–H and O–H groups in total. The quantitative estimate of drug-likeness (QED) is 0.657. The molecule has 0 aliphatic carbocycles. The molecule has 0 aliphatic heterocycles. The molecule has 3 rings (SSSR count). The molecular formula is C13H8FN3O4. The Morgan fingerprint density at radius 3 is 2.81 bits per heavy atom. The Hall–Kier alpha value is -3.16. The van der Waals surface area contributed by atoms with Crippen LogP contribution in [-0.4, -0.2) is 30.8 Å². The Morgan fingerprint density at radius 2 is 2.14 bits per heavy atom. The summed E-state index contributed by atoms with van der Waals surface area (Å²) in [5.74, 6) is -2.43. The van der Waals surface area contributed by atoms with Gasteiger partial charge in [0.25, 0.3) is 5.56 Å². The zero-order valence-corrected chi connectivity index (χ0v) is 10.4. The van der Waals surface area contributed by atoms with Crippen molar-refractivity contribution >= 4 is 11.6 Å². The molecule has 0 unspecified atom stereocenters. The van der Waals surface area contributed by atoms with E-state index in [0.29, 0.717) is 0 Å². The molecule has 0 saturated carbocycles. The van der Waals surface area contributed by atoms with E-state index in [-0.39, 0.29) is 22.3 Å². The number of aromatic amines is 1. The molecule has 1 aromatic carbocycles. The number of rotatable bonds is 2. The number of benzene rings is 1. The molecule has 0 spiro atoms. The molecule has 0 saturated heterocycles. The van der Waals surface area contributed by atoms with Gasteiger partial charge in [-0.05, 0) is 17.7 Å². The highest BCUT2D eigenvalue weighted by Gasteiger charge is 2.19. The van der Waals surface area contributed by atoms with Crippen molar-refractivity contribution in [2.24, 2.45) is 0 Å². The van der Waals surface area contributed by atoms with Gasteiger partial charge in [0.05, 0.1) is 6.20 Å². The number of nitrogens with zero attached hydrogens (tertiary/aromatic N) is 2. The van der Waals surface area contributed by atoms with E-state index < -0.39 is 23.2 Å². The Morgan fingerprint density at radius 1 is 1.38 bits per heavy atom. The van der Waals surface area contributed by atoms with Gasteiger partial charge in [0.1, 0.15) is 16.9 Å². The molecule has 0 fully saturated rings. The summed E-state index contributed by atoms with van der Waals surface area (Å²) in [6.45, 7) is 0. The van der Waals surface area contributed by atoms with Gasteiger partial charge in [-0.25, -0.2) is 9.18 Å². The molecule has 0 radical (unpaired) electrons. The number of aromatic nitrogens is 3. The maximum absolute atomic E-state index is 13.2. The molecule has 21 heavy (non-hydrogen) atoms. The molecule has 0 atom stereocenters. The third-order valence-corrected chi connectivity index (χ3v) is 3.00. The van der Waals surface area contributed by atoms with Crippen LogP contribution in [0.4, 0.5) is 4.39 Å². The van der Waals surface area contributed by atoms with Crippen molar-refractivity contribution in [1.82, 2.24) is 14.6 Å². The molecule has 0 amide bonds. The summed E-state index contributed by atoms with van der Waals surface area (Å²) in [6.07, 6.45) is 1.00. The maximum atomic E-state index is 13.2. The van der Waals surface area contributed by atoms with E-state index >= 15 is 0 Å². The van der Waals surface area contributed by atoms with Crippen LogP contribution in [0.15, 0.2) is 35.3 Å². The molecule has 106 valence electrons. The summed E-state index contributed by atoms with van der Waals surface area (Å²) in [5.41, 5.74) is -1.18. The maximum Gasteiger partial charge on any atom is 0.341 e. The van der Waals surface area contributed by atoms with Crippen LogP contribution in [0.25, 0.3) is 16.8 Å². The van der Waals surface area contributed by atoms with Crippen LogP contribution >= 0.6 is 0 Å². The minimum atomic E-state index is -1.29. The normalized spacial score (nSPS) is 10.9. The van der Waals surface area contributed by atoms with Gasteiger partial charge >= 0.3 is 5.97 Å². The van der Waals surface area contributed by atoms with E-state index in [4.69, 9.17) is 5.11 Å². The van der Waals surface area contributed by atoms with Gasteiger partial charge < -0.3 is 15.2 Å². The number of hydrogen-bond donors (Lipinski definition) is 3. The van der Waals surface area contributed by atoms with Crippen molar-refractivity contribution < 1.29 is 19.4 Å². The van der Waals surface area contributed by atoms with Gasteiger partial charge in [-0.2, -0.15) is 9.61 Å². The topological polar surface area (TPSA) is 108 Å². The number of aromatic carboxylic acids is 1. The fourth-order valence-corrected chi connectivity index (χ4v) is 2.07. The van der Waals surface area contributed by atoms with E-state index in [1.807, 2.05) is 0 Å². The lowest BCUT2D eigenvalue weighted by Gasteiger charge is -2.06. The number of carbonyl (C=O) groups is 1. The SMILES string of the molecule is O=C(O)c1cnn2c(O)c(-c3cccc(F)c3)c(=O)[nH]c12. The van der Waals surface area contributed by atoms with Crippen LogP contribution in [0.3, 0.4) is 0 Å². The van der Waals surface area contributed by atoms with E-state index in [1.165, 1.54) is 18.2 Å². The number of carboxylic acids is 1. The summed E-state index contributed by atoms with van der Waals surface area (Å²) in [6, 6.07) is 5.11. The second kappa shape index (κ2) is 4.44. The zero-order chi connectivity index (χ0) is 15.1. The Bertz CT molecular complexity index is 929. The molecule has 2 heterocycles. The Kier molecular flexibility index (Phi) is 2.72. The van der Waals surface area contributed by atoms with Crippen LogP contribution in [0.2, 0.25) is 0 Å². The highest BCUT2D eigenvalue weighted by Crippen LogP contribution is 2.26. The molecule has 7 nitrogen and oxygen atoms in total. The fraction of sp³-hybridized carbons (Fsp3) is 0. The highest BCUT2D eigenvalue weighted by molar-refractivity contribution is 5.94. The first-order chi connectivity index (χ1) is 9.99. The predicted octanol–water partition coefficient (Wildman–Crippen LogP) is 1.23. The lowest BCUT2D eigenvalue weighted by Crippen LogP contribution is -2.14. The first-order valence-corrected chi connectivity index (χ1v) is 5.81. The number of H-pyrrole nitrogens is 1. The molecule has 8 heteroatoms. The largest absolute Gasteiger partial charge is 0.493 e. The first kappa shape index (κ1) is 12.9. The third kappa shape index (κ3) is 1.93. The predicted molar refractivity (Wildman–Crippen MR) is 69.8 cm³/mol. The number of fused-ring (bicyclic) bond motifs is 1. The van der Waals surface area contributed by atoms with E-state index in [9.17, 15) is 19.1 Å². The average molecular weight is 289 g/mol. The van der Waals surface area contributed by atoms with Gasteiger partial charge in [-0.1, -0.05) is 12.1 Å². The average Bonchev–Trinajstić information content (AvgIpc) is 2.82. The van der Waals surface area contributed by atoms with Gasteiger partial charge in [0, 0.05) is 0 Å². The Labute approximate surface area is 115 Å². The van der Waals surface area contributed by atoms with Crippen LogP contribution < -0.4 is 5.56 Å². The number of halogens is 1. The van der Waals surface area contributed by atoms with Crippen molar-refractivity contribution in [1.29, 1.82) is 0 Å². The van der Waals surface area contributed by atoms with Crippen molar-refractivity contribution in [3.8, 4) is 17.0 Å². The van der Waals surface area contributed by atoms with E-state index in [1.54, 1.807) is 0 Å². The van der Waals surface area contributed by atoms with Gasteiger partial charge in [0.2, 0.25) is 5.88 Å². The first-order valence-electron chi connectivity index (χ1n) is 5.81. The van der Waals surface area contributed by atoms with Gasteiger partial charge in [0.15, 0.2) is 5.65 Å². The van der Waals surface area contributed by atoms with Crippen LogP contribution in [0, 0.1) is 5.82 Å². The van der Waals surface area contributed by atoms with Crippen LogP contribution in [0.1, 0.15) is 10.4 Å². The monoisotopic (exact) mass is 289 g/mol. The van der Waals surface area contributed by atoms with Gasteiger partial charge in [-0.3, -0.25) is 4.79 Å². The summed E-state index contributed by atoms with van der Waals surface area (Å²) in [4.78, 5) is 25.4. The summed E-state index contributed by atoms with van der Waals surface area (Å²) in [5, 5.41) is 22.8. The molecule has 0 aliphatic rings. The molecule has 2 aromatic heterocycles. The molecule has 3 aromatic rings. The minimum absolute atomic E-state index is 0.148. The second-order valence-electron chi connectivity index (χ2n) is 4.29. The Balaban J connectivity index is 2.36. The fourth-order valence-electron chi connectivity index (χ4n) is 2.07. The van der Waals surface area contributed by atoms with E-state index in [2.05, 4.69) is 10.1 Å². The summed E-state index contributed by atoms with van der Waals surface area (Å²) >= 11 is 0. The lowest BCUT2D eigenvalue weighted by atomic mass is 10.1. The smallest absolute Gasteiger partial charge is 0.341 e. The standard InChI is InChI=1S/C13H8FN3O4/c14-7-3-1-2-6(4-7)9-11(18)16-10-8(13(20)21)5-15-17(10)12(9)19/h1-5,19H,(H,16,18)(H,20,21). The zero-order valence-electron chi connectivity index (χ0n) is 10.4. The molecule has 0 bridgehead atoms. The minimum Gasteiger partial charge on any atom is -0.493 e. The van der Waals surface area contributed by atoms with Crippen molar-refractivity contribution in [3.63, 3.8) is 0 Å². The summed E-state index contributed by atoms with van der Waals surface area (Å²) < 4.78 is 14.1. The highest BCUT2D eigenvalue weighted by atomic mass is 19.1. The van der Waals surface area contributed by atoms with Crippen molar-refractivity contribution in [3.05, 3.63) is 52.2 Å². The van der Waals surface area contributed by atoms with Crippen molar-refractivity contribution in [2.75, 3.05) is 0 Å². The molecular weight excluding hydrogens is 281 g/mol. The van der Waals surface area contributed by atoms with Gasteiger partial charge in [-0.15, -0.1) is 0 Å². The number of carboxylic acid groups (broad SMARTS) is 1. The number of nitrogens with one attached hydrogen (secondary N) is 1. The van der Waals surface area contributed by atoms with E-state index in [0.717, 1.165) is 16.8 Å². The number of aromatic hydroxyl groups is 1. The number of hydrogen-bond acceptors (Lipinski definition) is 4. The summed E-state index contributed by atoms with van der Waals surface area (Å²) in [7, 11) is 0. The second-order valence-corrected chi connectivity index (χ2v) is 4.29. The lowest BCUT2D eigenvalue weighted by molar-refractivity contribution is 0.0698.